The maximum Gasteiger partial charge on any atom is 0.0290 e. The van der Waals surface area contributed by atoms with E-state index in [-0.39, 0.29) is 5.41 Å². The highest BCUT2D eigenvalue weighted by Gasteiger charge is 2.60. The maximum absolute atomic E-state index is 2.53. The Morgan fingerprint density at radius 1 is 0.417 bits per heavy atom. The number of aryl methyl sites for hydroxylation is 1. The Morgan fingerprint density at radius 3 is 1.78 bits per heavy atom. The lowest BCUT2D eigenvalue weighted by molar-refractivity contribution is 0.759. The molecule has 0 heterocycles. The molecule has 0 saturated heterocycles. The molecule has 2 atom stereocenters. The minimum Gasteiger partial charge on any atom is -0.0801 e. The lowest BCUT2D eigenvalue weighted by Gasteiger charge is -2.33. The molecule has 10 aromatic rings. The van der Waals surface area contributed by atoms with Crippen LogP contribution in [0.1, 0.15) is 23.1 Å². The second kappa shape index (κ2) is 12.6. The van der Waals surface area contributed by atoms with Crippen LogP contribution in [-0.2, 0) is 0 Å². The largest absolute Gasteiger partial charge is 0.0801 e. The van der Waals surface area contributed by atoms with E-state index in [2.05, 4.69) is 213 Å². The van der Waals surface area contributed by atoms with Crippen LogP contribution in [0, 0.1) is 18.3 Å². The molecular weight excluding hydrogens is 721 g/mol. The summed E-state index contributed by atoms with van der Waals surface area (Å²) >= 11 is 0. The zero-order chi connectivity index (χ0) is 39.5. The second-order valence-corrected chi connectivity index (χ2v) is 17.3. The molecule has 0 amide bonds. The normalized spacial score (nSPS) is 17.9. The minimum absolute atomic E-state index is 0.116. The first-order chi connectivity index (χ1) is 29.6. The molecule has 1 fully saturated rings. The molecule has 0 aliphatic heterocycles. The fraction of sp³-hybridized carbons (Fsp3) is 0.0667. The van der Waals surface area contributed by atoms with Crippen molar-refractivity contribution >= 4 is 65.0 Å². The van der Waals surface area contributed by atoms with E-state index in [1.165, 1.54) is 120 Å². The Balaban J connectivity index is 1.17. The fourth-order valence-electron chi connectivity index (χ4n) is 11.3. The average Bonchev–Trinajstić information content (AvgIpc) is 4.04. The fourth-order valence-corrected chi connectivity index (χ4v) is 11.3. The highest BCUT2D eigenvalue weighted by atomic mass is 14.6. The Morgan fingerprint density at radius 2 is 1.02 bits per heavy atom. The van der Waals surface area contributed by atoms with E-state index in [1.54, 1.807) is 0 Å². The summed E-state index contributed by atoms with van der Waals surface area (Å²) in [7, 11) is 0. The van der Waals surface area contributed by atoms with Crippen LogP contribution in [0.15, 0.2) is 212 Å². The van der Waals surface area contributed by atoms with Crippen LogP contribution in [-0.4, -0.2) is 0 Å². The number of benzene rings is 10. The number of rotatable bonds is 4. The molecule has 0 nitrogen and oxygen atoms in total. The van der Waals surface area contributed by atoms with Gasteiger partial charge in [0.25, 0.3) is 0 Å². The van der Waals surface area contributed by atoms with Crippen LogP contribution in [0.3, 0.4) is 0 Å². The van der Waals surface area contributed by atoms with Gasteiger partial charge in [-0.25, -0.2) is 0 Å². The summed E-state index contributed by atoms with van der Waals surface area (Å²) in [4.78, 5) is 0. The predicted octanol–water partition coefficient (Wildman–Crippen LogP) is 14.0. The van der Waals surface area contributed by atoms with Gasteiger partial charge in [0.1, 0.15) is 0 Å². The summed E-state index contributed by atoms with van der Waals surface area (Å²) in [5.74, 6) is 0.440. The van der Waals surface area contributed by atoms with Crippen molar-refractivity contribution in [2.45, 2.75) is 13.3 Å². The van der Waals surface area contributed by atoms with Crippen molar-refractivity contribution in [3.05, 3.63) is 239 Å². The lowest BCUT2D eigenvalue weighted by atomic mass is 9.69. The van der Waals surface area contributed by atoms with Gasteiger partial charge in [0.15, 0.2) is 0 Å². The highest BCUT2D eigenvalue weighted by molar-refractivity contribution is 6.15. The molecule has 3 aliphatic carbocycles. The first kappa shape index (κ1) is 33.7. The maximum atomic E-state index is 2.53. The second-order valence-electron chi connectivity index (χ2n) is 17.3. The number of hydrogen-bond donors (Lipinski definition) is 0. The quantitative estimate of drug-likeness (QED) is 0.157. The third kappa shape index (κ3) is 4.79. The van der Waals surface area contributed by atoms with Gasteiger partial charge in [0, 0.05) is 5.41 Å². The van der Waals surface area contributed by atoms with Crippen LogP contribution < -0.4 is 10.4 Å². The minimum atomic E-state index is -0.116. The molecule has 3 aliphatic rings. The van der Waals surface area contributed by atoms with Gasteiger partial charge in [-0.2, -0.15) is 0 Å². The molecule has 1 spiro atoms. The Hall–Kier alpha value is -7.28. The van der Waals surface area contributed by atoms with Crippen LogP contribution in [0.5, 0.6) is 0 Å². The van der Waals surface area contributed by atoms with Crippen LogP contribution in [0.2, 0.25) is 0 Å². The van der Waals surface area contributed by atoms with Gasteiger partial charge in [0.2, 0.25) is 0 Å². The summed E-state index contributed by atoms with van der Waals surface area (Å²) < 4.78 is 0. The zero-order valence-electron chi connectivity index (χ0n) is 33.4. The third-order valence-corrected chi connectivity index (χ3v) is 14.0. The summed E-state index contributed by atoms with van der Waals surface area (Å²) in [6.07, 6.45) is 8.37. The van der Waals surface area contributed by atoms with Gasteiger partial charge in [-0.15, -0.1) is 0 Å². The van der Waals surface area contributed by atoms with Crippen molar-refractivity contribution in [1.82, 2.24) is 0 Å². The molecule has 1 saturated carbocycles. The van der Waals surface area contributed by atoms with Gasteiger partial charge in [-0.3, -0.25) is 0 Å². The molecule has 0 aromatic heterocycles. The molecular formula is C60H40. The first-order valence-electron chi connectivity index (χ1n) is 21.3. The molecule has 13 rings (SSSR count). The molecule has 10 aromatic carbocycles. The van der Waals surface area contributed by atoms with E-state index < -0.39 is 0 Å². The molecule has 280 valence electrons. The Labute approximate surface area is 349 Å². The topological polar surface area (TPSA) is 0 Å². The van der Waals surface area contributed by atoms with Crippen molar-refractivity contribution in [1.29, 1.82) is 0 Å². The molecule has 0 heteroatoms. The van der Waals surface area contributed by atoms with Crippen molar-refractivity contribution in [2.24, 2.45) is 11.3 Å². The molecule has 2 unspecified atom stereocenters. The monoisotopic (exact) mass is 760 g/mol. The van der Waals surface area contributed by atoms with Gasteiger partial charge in [-0.1, -0.05) is 188 Å². The van der Waals surface area contributed by atoms with E-state index in [4.69, 9.17) is 0 Å². The highest BCUT2D eigenvalue weighted by Crippen LogP contribution is 2.69. The number of allylic oxidation sites excluding steroid dienone is 4. The summed E-state index contributed by atoms with van der Waals surface area (Å²) in [5.41, 5.74) is 13.1. The Kier molecular flexibility index (Phi) is 7.08. The van der Waals surface area contributed by atoms with Crippen molar-refractivity contribution in [3.8, 4) is 22.3 Å². The van der Waals surface area contributed by atoms with Gasteiger partial charge in [0.05, 0.1) is 0 Å². The van der Waals surface area contributed by atoms with Crippen LogP contribution in [0.4, 0.5) is 0 Å². The van der Waals surface area contributed by atoms with E-state index >= 15 is 0 Å². The number of fused-ring (bicyclic) bond motifs is 8. The van der Waals surface area contributed by atoms with Crippen molar-refractivity contribution in [2.75, 3.05) is 0 Å². The Bertz CT molecular complexity index is 3710. The zero-order valence-corrected chi connectivity index (χ0v) is 33.4. The van der Waals surface area contributed by atoms with Gasteiger partial charge in [-0.05, 0) is 158 Å². The van der Waals surface area contributed by atoms with E-state index in [0.717, 1.165) is 6.42 Å². The van der Waals surface area contributed by atoms with Crippen LogP contribution >= 0.6 is 0 Å². The molecule has 60 heavy (non-hydrogen) atoms. The molecule has 0 bridgehead atoms. The van der Waals surface area contributed by atoms with Gasteiger partial charge >= 0.3 is 0 Å². The van der Waals surface area contributed by atoms with E-state index in [1.807, 2.05) is 0 Å². The predicted molar refractivity (Wildman–Crippen MR) is 254 cm³/mol. The van der Waals surface area contributed by atoms with Crippen LogP contribution in [0.25, 0.3) is 87.3 Å². The van der Waals surface area contributed by atoms with Gasteiger partial charge < -0.3 is 0 Å². The summed E-state index contributed by atoms with van der Waals surface area (Å²) in [6, 6.07) is 71.1. The van der Waals surface area contributed by atoms with Crippen molar-refractivity contribution < 1.29 is 0 Å². The molecule has 0 N–H and O–H groups in total. The third-order valence-electron chi connectivity index (χ3n) is 14.0. The summed E-state index contributed by atoms with van der Waals surface area (Å²) in [6.45, 7) is 2.18. The smallest absolute Gasteiger partial charge is 0.0290 e. The van der Waals surface area contributed by atoms with E-state index in [0.29, 0.717) is 5.92 Å². The van der Waals surface area contributed by atoms with E-state index in [9.17, 15) is 0 Å². The standard InChI is InChI=1S/C60H40/c1-37-27-29-48-38(31-37)16-11-25-45(48)39-15-10-17-43(32-39)59-53-30-28-42(54-33-40-13-2-4-19-46(40)49-21-6-8-23-51(49)54)35-56(53)58(57-26-12-18-44-36-60(44,57)59)55-34-41-14-3-5-20-47(41)50-22-7-9-24-52(50)55/h2-35,44H,36H2,1H3. The average molecular weight is 761 g/mol. The first-order valence-corrected chi connectivity index (χ1v) is 21.3. The van der Waals surface area contributed by atoms with Crippen molar-refractivity contribution in [3.63, 3.8) is 0 Å². The summed E-state index contributed by atoms with van der Waals surface area (Å²) in [5, 5.41) is 15.6. The number of hydrogen-bond acceptors (Lipinski definition) is 0. The lowest BCUT2D eigenvalue weighted by Crippen LogP contribution is -2.39. The SMILES string of the molecule is Cc1ccc2c(-c3cccc(C4=c5ccc(-c6cc7ccccc7c7ccccc67)cc5=C(c5cc6ccccc6c6ccccc56)C5=CC=CC6CC546)c3)cccc2c1. The molecule has 0 radical (unpaired) electrons.